The van der Waals surface area contributed by atoms with Gasteiger partial charge in [-0.1, -0.05) is 11.6 Å². The van der Waals surface area contributed by atoms with Gasteiger partial charge in [-0.05, 0) is 32.0 Å². The first-order valence-electron chi connectivity index (χ1n) is 7.90. The molecule has 0 saturated carbocycles. The molecule has 0 bridgehead atoms. The number of carbonyl (C=O) groups excluding carboxylic acids is 1. The second kappa shape index (κ2) is 7.09. The van der Waals surface area contributed by atoms with Gasteiger partial charge in [-0.25, -0.2) is 9.97 Å². The molecule has 0 aromatic carbocycles. The van der Waals surface area contributed by atoms with Crippen LogP contribution in [-0.4, -0.2) is 38.1 Å². The molecule has 134 valence electrons. The van der Waals surface area contributed by atoms with Gasteiger partial charge >= 0.3 is 0 Å². The summed E-state index contributed by atoms with van der Waals surface area (Å²) in [5.41, 5.74) is 1.82. The van der Waals surface area contributed by atoms with E-state index in [0.717, 1.165) is 0 Å². The predicted molar refractivity (Wildman–Crippen MR) is 98.9 cm³/mol. The van der Waals surface area contributed by atoms with E-state index in [-0.39, 0.29) is 5.91 Å². The van der Waals surface area contributed by atoms with Gasteiger partial charge < -0.3 is 10.6 Å². The summed E-state index contributed by atoms with van der Waals surface area (Å²) in [5.74, 6) is 0.173. The fraction of sp³-hybridized carbons (Fsp3) is 0.235. The molecule has 3 N–H and O–H groups in total. The van der Waals surface area contributed by atoms with Crippen LogP contribution in [0.15, 0.2) is 36.8 Å². The molecule has 8 nitrogen and oxygen atoms in total. The van der Waals surface area contributed by atoms with Gasteiger partial charge in [0.2, 0.25) is 5.95 Å². The highest BCUT2D eigenvalue weighted by atomic mass is 35.5. The summed E-state index contributed by atoms with van der Waals surface area (Å²) in [6, 6.07) is 5.21. The van der Waals surface area contributed by atoms with Crippen molar-refractivity contribution in [3.8, 4) is 11.3 Å². The average molecular weight is 372 g/mol. The van der Waals surface area contributed by atoms with Crippen LogP contribution < -0.4 is 10.6 Å². The van der Waals surface area contributed by atoms with Crippen LogP contribution in [0.4, 0.5) is 5.95 Å². The molecule has 3 aromatic heterocycles. The number of aromatic amines is 1. The Morgan fingerprint density at radius 1 is 1.23 bits per heavy atom. The van der Waals surface area contributed by atoms with Crippen LogP contribution in [0.2, 0.25) is 5.02 Å². The number of hydrogen-bond acceptors (Lipinski definition) is 6. The molecule has 3 aromatic rings. The Bertz CT molecular complexity index is 921. The number of H-pyrrole nitrogens is 1. The van der Waals surface area contributed by atoms with Gasteiger partial charge in [0, 0.05) is 31.2 Å². The van der Waals surface area contributed by atoms with Crippen LogP contribution in [0.25, 0.3) is 11.3 Å². The Hall–Kier alpha value is -3.00. The summed E-state index contributed by atoms with van der Waals surface area (Å²) in [6.07, 6.45) is 4.98. The lowest BCUT2D eigenvalue weighted by molar-refractivity contribution is 0.0958. The van der Waals surface area contributed by atoms with Gasteiger partial charge in [-0.15, -0.1) is 0 Å². The second-order valence-corrected chi connectivity index (χ2v) is 6.53. The third-order valence-corrected chi connectivity index (χ3v) is 4.08. The molecule has 0 unspecified atom stereocenters. The molecular weight excluding hydrogens is 354 g/mol. The van der Waals surface area contributed by atoms with E-state index in [1.165, 1.54) is 0 Å². The van der Waals surface area contributed by atoms with Gasteiger partial charge in [-0.2, -0.15) is 5.10 Å². The zero-order valence-corrected chi connectivity index (χ0v) is 15.3. The molecule has 0 fully saturated rings. The summed E-state index contributed by atoms with van der Waals surface area (Å²) in [6.45, 7) is 3.89. The van der Waals surface area contributed by atoms with Crippen LogP contribution in [-0.2, 0) is 5.54 Å². The molecule has 0 spiro atoms. The number of anilines is 1. The quantitative estimate of drug-likeness (QED) is 0.636. The molecule has 0 saturated heterocycles. The smallest absolute Gasteiger partial charge is 0.271 e. The average Bonchev–Trinajstić information content (AvgIpc) is 3.11. The van der Waals surface area contributed by atoms with Crippen molar-refractivity contribution in [2.75, 3.05) is 12.4 Å². The molecule has 0 radical (unpaired) electrons. The van der Waals surface area contributed by atoms with Gasteiger partial charge in [0.15, 0.2) is 5.69 Å². The number of amides is 1. The van der Waals surface area contributed by atoms with Crippen molar-refractivity contribution >= 4 is 23.5 Å². The first-order chi connectivity index (χ1) is 12.4. The fourth-order valence-electron chi connectivity index (χ4n) is 2.43. The Morgan fingerprint density at radius 3 is 2.62 bits per heavy atom. The van der Waals surface area contributed by atoms with E-state index < -0.39 is 5.54 Å². The van der Waals surface area contributed by atoms with Gasteiger partial charge in [0.25, 0.3) is 5.91 Å². The van der Waals surface area contributed by atoms with Crippen molar-refractivity contribution < 1.29 is 4.79 Å². The maximum Gasteiger partial charge on any atom is 0.271 e. The number of halogens is 1. The van der Waals surface area contributed by atoms with E-state index in [0.29, 0.717) is 33.6 Å². The molecule has 0 aliphatic rings. The van der Waals surface area contributed by atoms with Gasteiger partial charge in [0.1, 0.15) is 0 Å². The zero-order valence-electron chi connectivity index (χ0n) is 14.5. The fourth-order valence-corrected chi connectivity index (χ4v) is 2.79. The summed E-state index contributed by atoms with van der Waals surface area (Å²) in [4.78, 5) is 24.6. The van der Waals surface area contributed by atoms with E-state index in [9.17, 15) is 4.79 Å². The molecule has 3 rings (SSSR count). The Balaban J connectivity index is 1.78. The van der Waals surface area contributed by atoms with Crippen LogP contribution in [0.5, 0.6) is 0 Å². The minimum absolute atomic E-state index is 0.263. The van der Waals surface area contributed by atoms with Crippen LogP contribution in [0.3, 0.4) is 0 Å². The highest BCUT2D eigenvalue weighted by molar-refractivity contribution is 6.31. The van der Waals surface area contributed by atoms with Crippen molar-refractivity contribution in [3.05, 3.63) is 53.2 Å². The topological polar surface area (TPSA) is 108 Å². The molecule has 0 atom stereocenters. The van der Waals surface area contributed by atoms with E-state index in [2.05, 4.69) is 35.8 Å². The van der Waals surface area contributed by atoms with E-state index in [4.69, 9.17) is 11.6 Å². The van der Waals surface area contributed by atoms with Crippen molar-refractivity contribution in [2.24, 2.45) is 0 Å². The number of carbonyl (C=O) groups is 1. The Morgan fingerprint density at radius 2 is 1.96 bits per heavy atom. The minimum Gasteiger partial charge on any atom is -0.354 e. The maximum atomic E-state index is 11.6. The highest BCUT2D eigenvalue weighted by Crippen LogP contribution is 2.28. The third-order valence-electron chi connectivity index (χ3n) is 3.78. The first-order valence-corrected chi connectivity index (χ1v) is 8.27. The lowest BCUT2D eigenvalue weighted by Crippen LogP contribution is -2.30. The monoisotopic (exact) mass is 371 g/mol. The Labute approximate surface area is 155 Å². The number of nitrogens with zero attached hydrogens (tertiary/aromatic N) is 4. The van der Waals surface area contributed by atoms with E-state index >= 15 is 0 Å². The van der Waals surface area contributed by atoms with Crippen molar-refractivity contribution in [2.45, 2.75) is 19.4 Å². The number of aromatic nitrogens is 5. The van der Waals surface area contributed by atoms with Crippen LogP contribution in [0, 0.1) is 0 Å². The van der Waals surface area contributed by atoms with Crippen molar-refractivity contribution in [3.63, 3.8) is 0 Å². The van der Waals surface area contributed by atoms with Gasteiger partial charge in [-0.3, -0.25) is 14.9 Å². The minimum atomic E-state index is -0.555. The molecule has 1 amide bonds. The number of hydrogen-bond donors (Lipinski definition) is 3. The van der Waals surface area contributed by atoms with E-state index in [1.807, 2.05) is 13.8 Å². The first kappa shape index (κ1) is 17.8. The van der Waals surface area contributed by atoms with Gasteiger partial charge in [0.05, 0.1) is 21.9 Å². The summed E-state index contributed by atoms with van der Waals surface area (Å²) < 4.78 is 0. The Kier molecular flexibility index (Phi) is 4.85. The molecule has 26 heavy (non-hydrogen) atoms. The number of pyridine rings is 1. The largest absolute Gasteiger partial charge is 0.354 e. The lowest BCUT2D eigenvalue weighted by Gasteiger charge is -2.26. The lowest BCUT2D eigenvalue weighted by atomic mass is 10.00. The normalized spacial score (nSPS) is 11.2. The maximum absolute atomic E-state index is 11.6. The standard InChI is InChI=1S/C17H18ClN7O/c1-17(2,14-11(18)5-4-6-20-14)23-16-21-8-10(9-22-16)12-7-13(25-24-12)15(26)19-3/h4-9H,1-3H3,(H,19,26)(H,24,25)(H,21,22,23). The number of nitrogens with one attached hydrogen (secondary N) is 3. The van der Waals surface area contributed by atoms with Crippen LogP contribution in [0.1, 0.15) is 30.0 Å². The highest BCUT2D eigenvalue weighted by Gasteiger charge is 2.25. The third kappa shape index (κ3) is 3.65. The molecule has 9 heteroatoms. The van der Waals surface area contributed by atoms with Crippen LogP contribution >= 0.6 is 11.6 Å². The summed E-state index contributed by atoms with van der Waals surface area (Å²) in [7, 11) is 1.55. The second-order valence-electron chi connectivity index (χ2n) is 6.13. The molecular formula is C17H18ClN7O. The summed E-state index contributed by atoms with van der Waals surface area (Å²) >= 11 is 6.23. The molecule has 0 aliphatic carbocycles. The van der Waals surface area contributed by atoms with Crippen molar-refractivity contribution in [1.82, 2.24) is 30.5 Å². The van der Waals surface area contributed by atoms with E-state index in [1.54, 1.807) is 43.8 Å². The summed E-state index contributed by atoms with van der Waals surface area (Å²) in [5, 5.41) is 13.1. The van der Waals surface area contributed by atoms with Crippen molar-refractivity contribution in [1.29, 1.82) is 0 Å². The molecule has 0 aliphatic heterocycles. The SMILES string of the molecule is CNC(=O)c1cc(-c2cnc(NC(C)(C)c3ncccc3Cl)nc2)[nH]n1. The molecule has 3 heterocycles. The number of rotatable bonds is 5. The zero-order chi connectivity index (χ0) is 18.7. The predicted octanol–water partition coefficient (Wildman–Crippen LogP) is 2.62.